The first-order chi connectivity index (χ1) is 10.6. The van der Waals surface area contributed by atoms with Crippen LogP contribution in [0.15, 0.2) is 53.5 Å². The minimum atomic E-state index is -0.145. The fourth-order valence-electron chi connectivity index (χ4n) is 2.65. The molecule has 22 heavy (non-hydrogen) atoms. The third-order valence-electron chi connectivity index (χ3n) is 4.32. The second-order valence-corrected chi connectivity index (χ2v) is 6.27. The van der Waals surface area contributed by atoms with E-state index in [4.69, 9.17) is 4.99 Å². The number of hydrogen-bond acceptors (Lipinski definition) is 1. The van der Waals surface area contributed by atoms with E-state index >= 15 is 0 Å². The summed E-state index contributed by atoms with van der Waals surface area (Å²) in [5, 5.41) is 0. The van der Waals surface area contributed by atoms with Crippen LogP contribution in [0.2, 0.25) is 0 Å². The molecule has 0 spiro atoms. The predicted octanol–water partition coefficient (Wildman–Crippen LogP) is 5.48. The van der Waals surface area contributed by atoms with Crippen LogP contribution in [0.4, 0.5) is 4.39 Å². The van der Waals surface area contributed by atoms with Crippen molar-refractivity contribution in [3.8, 4) is 0 Å². The molecule has 3 rings (SSSR count). The molecule has 114 valence electrons. The van der Waals surface area contributed by atoms with Crippen LogP contribution >= 0.6 is 0 Å². The van der Waals surface area contributed by atoms with E-state index in [0.717, 1.165) is 23.6 Å². The summed E-state index contributed by atoms with van der Waals surface area (Å²) < 4.78 is 13.9. The molecule has 1 aliphatic rings. The third-order valence-corrected chi connectivity index (χ3v) is 4.32. The van der Waals surface area contributed by atoms with Crippen molar-refractivity contribution in [2.24, 2.45) is 10.9 Å². The van der Waals surface area contributed by atoms with Crippen LogP contribution in [-0.4, -0.2) is 5.71 Å². The summed E-state index contributed by atoms with van der Waals surface area (Å²) in [6, 6.07) is 15.9. The predicted molar refractivity (Wildman–Crippen MR) is 89.9 cm³/mol. The first kappa shape index (κ1) is 15.0. The molecule has 0 aromatic heterocycles. The van der Waals surface area contributed by atoms with Crippen LogP contribution < -0.4 is 0 Å². The Morgan fingerprint density at radius 2 is 1.91 bits per heavy atom. The topological polar surface area (TPSA) is 12.4 Å². The Labute approximate surface area is 131 Å². The molecule has 2 heteroatoms. The van der Waals surface area contributed by atoms with Crippen LogP contribution in [0.1, 0.15) is 48.9 Å². The highest BCUT2D eigenvalue weighted by Crippen LogP contribution is 2.34. The van der Waals surface area contributed by atoms with Crippen LogP contribution in [0.3, 0.4) is 0 Å². The van der Waals surface area contributed by atoms with E-state index in [0.29, 0.717) is 5.56 Å². The number of aliphatic imine (C=N–C) groups is 1. The van der Waals surface area contributed by atoms with E-state index in [2.05, 4.69) is 19.1 Å². The Morgan fingerprint density at radius 1 is 1.18 bits per heavy atom. The van der Waals surface area contributed by atoms with E-state index in [9.17, 15) is 4.39 Å². The number of halogens is 1. The Bertz CT molecular complexity index is 671. The highest BCUT2D eigenvalue weighted by molar-refractivity contribution is 6.01. The van der Waals surface area contributed by atoms with Crippen LogP contribution in [0, 0.1) is 18.7 Å². The minimum Gasteiger partial charge on any atom is -0.281 e. The van der Waals surface area contributed by atoms with Crippen molar-refractivity contribution in [2.45, 2.75) is 39.2 Å². The van der Waals surface area contributed by atoms with Crippen molar-refractivity contribution in [1.82, 2.24) is 0 Å². The minimum absolute atomic E-state index is 0.0966. The molecule has 1 nitrogen and oxygen atoms in total. The van der Waals surface area contributed by atoms with Crippen LogP contribution in [0.5, 0.6) is 0 Å². The van der Waals surface area contributed by atoms with Crippen molar-refractivity contribution in [3.63, 3.8) is 0 Å². The van der Waals surface area contributed by atoms with Gasteiger partial charge in [-0.2, -0.15) is 0 Å². The second kappa shape index (κ2) is 6.43. The number of rotatable bonds is 5. The molecule has 0 heterocycles. The number of benzene rings is 2. The molecule has 0 aliphatic heterocycles. The smallest absolute Gasteiger partial charge is 0.126 e. The van der Waals surface area contributed by atoms with Gasteiger partial charge < -0.3 is 0 Å². The molecule has 1 atom stereocenters. The van der Waals surface area contributed by atoms with Crippen molar-refractivity contribution >= 4 is 5.71 Å². The molecule has 0 bridgehead atoms. The summed E-state index contributed by atoms with van der Waals surface area (Å²) in [7, 11) is 0. The SMILES string of the molecule is Cc1ccc(/C(CC2CC2)=N/[C@@H](C)c2ccccc2)cc1F. The Kier molecular flexibility index (Phi) is 4.37. The van der Waals surface area contributed by atoms with Gasteiger partial charge in [-0.1, -0.05) is 42.5 Å². The molecule has 0 radical (unpaired) electrons. The fraction of sp³-hybridized carbons (Fsp3) is 0.350. The van der Waals surface area contributed by atoms with Crippen LogP contribution in [-0.2, 0) is 0 Å². The molecular formula is C20H22FN. The highest BCUT2D eigenvalue weighted by atomic mass is 19.1. The first-order valence-electron chi connectivity index (χ1n) is 8.01. The lowest BCUT2D eigenvalue weighted by atomic mass is 10.0. The van der Waals surface area contributed by atoms with Gasteiger partial charge in [-0.25, -0.2) is 4.39 Å². The summed E-state index contributed by atoms with van der Waals surface area (Å²) in [6.45, 7) is 3.90. The molecule has 0 saturated heterocycles. The quantitative estimate of drug-likeness (QED) is 0.647. The van der Waals surface area contributed by atoms with Gasteiger partial charge in [0.15, 0.2) is 0 Å². The fourth-order valence-corrected chi connectivity index (χ4v) is 2.65. The molecule has 0 amide bonds. The zero-order valence-electron chi connectivity index (χ0n) is 13.2. The van der Waals surface area contributed by atoms with Gasteiger partial charge in [-0.3, -0.25) is 4.99 Å². The third kappa shape index (κ3) is 3.62. The maximum Gasteiger partial charge on any atom is 0.126 e. The zero-order valence-corrected chi connectivity index (χ0v) is 13.2. The van der Waals surface area contributed by atoms with E-state index < -0.39 is 0 Å². The van der Waals surface area contributed by atoms with Gasteiger partial charge >= 0.3 is 0 Å². The largest absolute Gasteiger partial charge is 0.281 e. The van der Waals surface area contributed by atoms with Crippen LogP contribution in [0.25, 0.3) is 0 Å². The number of hydrogen-bond donors (Lipinski definition) is 0. The molecule has 0 unspecified atom stereocenters. The molecule has 2 aromatic carbocycles. The molecule has 2 aromatic rings. The van der Waals surface area contributed by atoms with E-state index in [1.807, 2.05) is 30.3 Å². The van der Waals surface area contributed by atoms with Gasteiger partial charge in [0.2, 0.25) is 0 Å². The molecular weight excluding hydrogens is 273 g/mol. The lowest BCUT2D eigenvalue weighted by Gasteiger charge is -2.13. The standard InChI is InChI=1S/C20H22FN/c1-14-8-11-18(13-19(14)21)20(12-16-9-10-16)22-15(2)17-6-4-3-5-7-17/h3-8,11,13,15-16H,9-10,12H2,1-2H3/b22-20+/t15-/m0/s1. The molecule has 0 N–H and O–H groups in total. The average Bonchev–Trinajstić information content (AvgIpc) is 3.34. The Morgan fingerprint density at radius 3 is 2.55 bits per heavy atom. The second-order valence-electron chi connectivity index (χ2n) is 6.27. The molecule has 1 fully saturated rings. The van der Waals surface area contributed by atoms with Gasteiger partial charge in [0.05, 0.1) is 6.04 Å². The molecule has 1 aliphatic carbocycles. The van der Waals surface area contributed by atoms with Crippen molar-refractivity contribution in [3.05, 3.63) is 71.0 Å². The summed E-state index contributed by atoms with van der Waals surface area (Å²) >= 11 is 0. The average molecular weight is 295 g/mol. The maximum atomic E-state index is 13.9. The van der Waals surface area contributed by atoms with E-state index in [1.165, 1.54) is 18.4 Å². The lowest BCUT2D eigenvalue weighted by Crippen LogP contribution is -2.06. The van der Waals surface area contributed by atoms with Crippen molar-refractivity contribution in [2.75, 3.05) is 0 Å². The van der Waals surface area contributed by atoms with Gasteiger partial charge in [0, 0.05) is 5.71 Å². The van der Waals surface area contributed by atoms with E-state index in [-0.39, 0.29) is 11.9 Å². The van der Waals surface area contributed by atoms with Crippen molar-refractivity contribution in [1.29, 1.82) is 0 Å². The summed E-state index contributed by atoms with van der Waals surface area (Å²) in [5.74, 6) is 0.583. The van der Waals surface area contributed by atoms with Gasteiger partial charge in [0.1, 0.15) is 5.82 Å². The summed E-state index contributed by atoms with van der Waals surface area (Å²) in [4.78, 5) is 4.92. The first-order valence-corrected chi connectivity index (χ1v) is 8.01. The van der Waals surface area contributed by atoms with Gasteiger partial charge in [0.25, 0.3) is 0 Å². The monoisotopic (exact) mass is 295 g/mol. The Balaban J connectivity index is 1.91. The summed E-state index contributed by atoms with van der Waals surface area (Å²) in [6.07, 6.45) is 3.50. The van der Waals surface area contributed by atoms with Gasteiger partial charge in [-0.05, 0) is 61.8 Å². The zero-order chi connectivity index (χ0) is 15.5. The Hall–Kier alpha value is -1.96. The number of nitrogens with zero attached hydrogens (tertiary/aromatic N) is 1. The maximum absolute atomic E-state index is 13.9. The lowest BCUT2D eigenvalue weighted by molar-refractivity contribution is 0.618. The normalized spacial score (nSPS) is 16.6. The summed E-state index contributed by atoms with van der Waals surface area (Å²) in [5.41, 5.74) is 3.85. The highest BCUT2D eigenvalue weighted by Gasteiger charge is 2.24. The van der Waals surface area contributed by atoms with Gasteiger partial charge in [-0.15, -0.1) is 0 Å². The molecule has 1 saturated carbocycles. The van der Waals surface area contributed by atoms with E-state index in [1.54, 1.807) is 13.0 Å². The number of aryl methyl sites for hydroxylation is 1. The van der Waals surface area contributed by atoms with Crippen molar-refractivity contribution < 1.29 is 4.39 Å².